The second kappa shape index (κ2) is 8.06. The summed E-state index contributed by atoms with van der Waals surface area (Å²) in [4.78, 5) is 12.6. The van der Waals surface area contributed by atoms with Crippen LogP contribution in [0.25, 0.3) is 10.4 Å². The lowest BCUT2D eigenvalue weighted by molar-refractivity contribution is -0.141. The molecular weight excluding hydrogens is 412 g/mol. The van der Waals surface area contributed by atoms with E-state index in [4.69, 9.17) is 25.8 Å². The number of halogens is 1. The Balaban J connectivity index is 1.96. The molecule has 1 aliphatic heterocycles. The zero-order valence-electron chi connectivity index (χ0n) is 15.8. The van der Waals surface area contributed by atoms with Gasteiger partial charge in [0.25, 0.3) is 0 Å². The lowest BCUT2D eigenvalue weighted by Crippen LogP contribution is -2.14. The van der Waals surface area contributed by atoms with Crippen LogP contribution in [0.2, 0.25) is 5.02 Å². The molecular formula is C22H19ClO5S. The van der Waals surface area contributed by atoms with Gasteiger partial charge in [0.1, 0.15) is 6.10 Å². The van der Waals surface area contributed by atoms with Gasteiger partial charge >= 0.3 is 5.97 Å². The van der Waals surface area contributed by atoms with Crippen LogP contribution in [0.15, 0.2) is 47.8 Å². The molecule has 150 valence electrons. The van der Waals surface area contributed by atoms with E-state index in [9.17, 15) is 9.90 Å². The van der Waals surface area contributed by atoms with Crippen molar-refractivity contribution in [2.75, 3.05) is 14.2 Å². The predicted molar refractivity (Wildman–Crippen MR) is 112 cm³/mol. The zero-order chi connectivity index (χ0) is 20.5. The van der Waals surface area contributed by atoms with Crippen molar-refractivity contribution in [3.05, 3.63) is 69.6 Å². The molecule has 3 aromatic rings. The minimum atomic E-state index is -0.924. The van der Waals surface area contributed by atoms with Gasteiger partial charge in [-0.3, -0.25) is 4.79 Å². The molecule has 0 bridgehead atoms. The van der Waals surface area contributed by atoms with Gasteiger partial charge < -0.3 is 19.3 Å². The molecule has 2 heterocycles. The fraction of sp³-hybridized carbons (Fsp3) is 0.227. The second-order valence-corrected chi connectivity index (χ2v) is 7.97. The van der Waals surface area contributed by atoms with Crippen molar-refractivity contribution in [3.63, 3.8) is 0 Å². The zero-order valence-corrected chi connectivity index (χ0v) is 17.4. The fourth-order valence-corrected chi connectivity index (χ4v) is 4.92. The first-order valence-electron chi connectivity index (χ1n) is 8.98. The molecule has 1 N–H and O–H groups in total. The molecule has 7 heteroatoms. The lowest BCUT2D eigenvalue weighted by Gasteiger charge is -2.25. The van der Waals surface area contributed by atoms with Gasteiger partial charge in [0, 0.05) is 21.0 Å². The standard InChI is InChI=1S/C22H19ClO5S/c1-26-17-5-3-4-15(21(17)27-2)20-16-10-12(23)6-7-13(16)22-14(8-9-29-22)18(28-20)11-19(24)25/h3-10,18,20H,11H2,1-2H3,(H,24,25). The number of ether oxygens (including phenoxy) is 3. The van der Waals surface area contributed by atoms with E-state index >= 15 is 0 Å². The molecule has 29 heavy (non-hydrogen) atoms. The van der Waals surface area contributed by atoms with Crippen molar-refractivity contribution >= 4 is 28.9 Å². The van der Waals surface area contributed by atoms with E-state index in [0.29, 0.717) is 16.5 Å². The van der Waals surface area contributed by atoms with Crippen LogP contribution in [0.5, 0.6) is 11.5 Å². The third-order valence-electron chi connectivity index (χ3n) is 4.96. The molecule has 2 aromatic carbocycles. The molecule has 4 rings (SSSR count). The number of benzene rings is 2. The van der Waals surface area contributed by atoms with Crippen LogP contribution in [-0.2, 0) is 9.53 Å². The SMILES string of the molecule is COc1cccc(C2OC(CC(=O)O)c3ccsc3-c3ccc(Cl)cc32)c1OC. The number of carboxylic acid groups (broad SMARTS) is 1. The average molecular weight is 431 g/mol. The number of hydrogen-bond donors (Lipinski definition) is 1. The van der Waals surface area contributed by atoms with Crippen LogP contribution in [0, 0.1) is 0 Å². The van der Waals surface area contributed by atoms with E-state index in [-0.39, 0.29) is 6.42 Å². The smallest absolute Gasteiger partial charge is 0.306 e. The molecule has 0 amide bonds. The molecule has 0 saturated heterocycles. The number of carbonyl (C=O) groups is 1. The summed E-state index contributed by atoms with van der Waals surface area (Å²) in [6, 6.07) is 13.2. The number of thiophene rings is 1. The normalized spacial score (nSPS) is 17.8. The Morgan fingerprint density at radius 1 is 1.14 bits per heavy atom. The number of methoxy groups -OCH3 is 2. The highest BCUT2D eigenvalue weighted by Crippen LogP contribution is 2.50. The molecule has 0 spiro atoms. The van der Waals surface area contributed by atoms with E-state index < -0.39 is 18.2 Å². The van der Waals surface area contributed by atoms with Crippen LogP contribution in [0.1, 0.15) is 35.3 Å². The van der Waals surface area contributed by atoms with Gasteiger partial charge in [0.15, 0.2) is 11.5 Å². The highest BCUT2D eigenvalue weighted by molar-refractivity contribution is 7.13. The lowest BCUT2D eigenvalue weighted by atomic mass is 9.95. The Labute approximate surface area is 177 Å². The maximum Gasteiger partial charge on any atom is 0.306 e. The molecule has 0 radical (unpaired) electrons. The third kappa shape index (κ3) is 3.59. The molecule has 2 unspecified atom stereocenters. The van der Waals surface area contributed by atoms with Crippen LogP contribution >= 0.6 is 22.9 Å². The minimum absolute atomic E-state index is 0.145. The molecule has 2 atom stereocenters. The van der Waals surface area contributed by atoms with Gasteiger partial charge in [0.2, 0.25) is 0 Å². The molecule has 5 nitrogen and oxygen atoms in total. The molecule has 0 saturated carbocycles. The van der Waals surface area contributed by atoms with Crippen LogP contribution in [0.3, 0.4) is 0 Å². The first kappa shape index (κ1) is 19.8. The molecule has 1 aliphatic rings. The number of para-hydroxylation sites is 1. The summed E-state index contributed by atoms with van der Waals surface area (Å²) in [5, 5.41) is 12.0. The van der Waals surface area contributed by atoms with Gasteiger partial charge in [-0.15, -0.1) is 11.3 Å². The summed E-state index contributed by atoms with van der Waals surface area (Å²) >= 11 is 7.90. The minimum Gasteiger partial charge on any atom is -0.493 e. The van der Waals surface area contributed by atoms with Crippen LogP contribution < -0.4 is 9.47 Å². The Hall–Kier alpha value is -2.54. The monoisotopic (exact) mass is 430 g/mol. The predicted octanol–water partition coefficient (Wildman–Crippen LogP) is 5.72. The first-order valence-corrected chi connectivity index (χ1v) is 10.2. The Kier molecular flexibility index (Phi) is 5.50. The van der Waals surface area contributed by atoms with Gasteiger partial charge in [-0.1, -0.05) is 29.8 Å². The summed E-state index contributed by atoms with van der Waals surface area (Å²) in [7, 11) is 3.15. The maximum absolute atomic E-state index is 11.6. The van der Waals surface area contributed by atoms with Crippen LogP contribution in [0.4, 0.5) is 0 Å². The van der Waals surface area contributed by atoms with Crippen molar-refractivity contribution in [1.82, 2.24) is 0 Å². The number of fused-ring (bicyclic) bond motifs is 3. The number of carboxylic acids is 1. The summed E-state index contributed by atoms with van der Waals surface area (Å²) in [5.74, 6) is 0.198. The molecule has 0 aliphatic carbocycles. The van der Waals surface area contributed by atoms with E-state index in [0.717, 1.165) is 27.1 Å². The second-order valence-electron chi connectivity index (χ2n) is 6.62. The summed E-state index contributed by atoms with van der Waals surface area (Å²) in [6.45, 7) is 0. The number of hydrogen-bond acceptors (Lipinski definition) is 5. The quantitative estimate of drug-likeness (QED) is 0.560. The summed E-state index contributed by atoms with van der Waals surface area (Å²) in [6.07, 6.45) is -1.33. The van der Waals surface area contributed by atoms with Crippen molar-refractivity contribution in [2.45, 2.75) is 18.6 Å². The number of aliphatic carboxylic acids is 1. The van der Waals surface area contributed by atoms with E-state index in [1.54, 1.807) is 25.6 Å². The highest BCUT2D eigenvalue weighted by atomic mass is 35.5. The summed E-state index contributed by atoms with van der Waals surface area (Å²) in [5.41, 5.74) is 3.45. The number of rotatable bonds is 5. The van der Waals surface area contributed by atoms with E-state index in [2.05, 4.69) is 0 Å². The largest absolute Gasteiger partial charge is 0.493 e. The van der Waals surface area contributed by atoms with E-state index in [1.807, 2.05) is 47.8 Å². The van der Waals surface area contributed by atoms with Crippen molar-refractivity contribution < 1.29 is 24.1 Å². The third-order valence-corrected chi connectivity index (χ3v) is 6.16. The highest BCUT2D eigenvalue weighted by Gasteiger charge is 2.34. The Morgan fingerprint density at radius 3 is 2.69 bits per heavy atom. The van der Waals surface area contributed by atoms with Gasteiger partial charge in [-0.2, -0.15) is 0 Å². The van der Waals surface area contributed by atoms with Gasteiger partial charge in [-0.05, 0) is 40.8 Å². The van der Waals surface area contributed by atoms with Crippen LogP contribution in [-0.4, -0.2) is 25.3 Å². The maximum atomic E-state index is 11.6. The topological polar surface area (TPSA) is 65.0 Å². The average Bonchev–Trinajstić information content (AvgIpc) is 3.15. The van der Waals surface area contributed by atoms with Crippen molar-refractivity contribution in [3.8, 4) is 21.9 Å². The molecule has 0 fully saturated rings. The Morgan fingerprint density at radius 2 is 1.97 bits per heavy atom. The van der Waals surface area contributed by atoms with Gasteiger partial charge in [-0.25, -0.2) is 0 Å². The van der Waals surface area contributed by atoms with Crippen molar-refractivity contribution in [1.29, 1.82) is 0 Å². The fourth-order valence-electron chi connectivity index (χ4n) is 3.74. The van der Waals surface area contributed by atoms with Gasteiger partial charge in [0.05, 0.1) is 26.7 Å². The Bertz CT molecular complexity index is 1060. The summed E-state index contributed by atoms with van der Waals surface area (Å²) < 4.78 is 17.5. The van der Waals surface area contributed by atoms with E-state index in [1.165, 1.54) is 0 Å². The van der Waals surface area contributed by atoms with Crippen molar-refractivity contribution in [2.24, 2.45) is 0 Å². The molecule has 1 aromatic heterocycles. The first-order chi connectivity index (χ1) is 14.0.